The van der Waals surface area contributed by atoms with Gasteiger partial charge >= 0.3 is 0 Å². The Hall–Kier alpha value is -1.69. The van der Waals surface area contributed by atoms with Gasteiger partial charge in [0.25, 0.3) is 5.91 Å². The molecule has 7 atom stereocenters. The fourth-order valence-corrected chi connectivity index (χ4v) is 7.64. The van der Waals surface area contributed by atoms with Crippen LogP contribution in [0.4, 0.5) is 5.69 Å². The molecular formula is C21H24N2O3. The van der Waals surface area contributed by atoms with E-state index in [2.05, 4.69) is 30.7 Å². The van der Waals surface area contributed by atoms with Crippen LogP contribution in [0.15, 0.2) is 36.9 Å². The molecule has 5 bridgehead atoms. The third kappa shape index (κ3) is 1.30. The molecule has 1 aromatic rings. The molecule has 0 N–H and O–H groups in total. The second kappa shape index (κ2) is 4.58. The van der Waals surface area contributed by atoms with Crippen LogP contribution in [0.3, 0.4) is 0 Å². The number of fused-ring (bicyclic) bond motifs is 5. The normalized spacial score (nSPS) is 47.8. The van der Waals surface area contributed by atoms with Crippen LogP contribution in [0.25, 0.3) is 0 Å². The van der Waals surface area contributed by atoms with Crippen molar-refractivity contribution in [3.63, 3.8) is 0 Å². The number of hydrogen-bond acceptors (Lipinski definition) is 4. The van der Waals surface area contributed by atoms with Crippen molar-refractivity contribution in [3.05, 3.63) is 42.5 Å². The van der Waals surface area contributed by atoms with Crippen LogP contribution in [-0.2, 0) is 19.8 Å². The zero-order valence-electron chi connectivity index (χ0n) is 15.2. The summed E-state index contributed by atoms with van der Waals surface area (Å²) in [6.07, 6.45) is 3.04. The topological polar surface area (TPSA) is 42.0 Å². The third-order valence-corrected chi connectivity index (χ3v) is 8.22. The fourth-order valence-electron chi connectivity index (χ4n) is 7.64. The maximum atomic E-state index is 13.9. The lowest BCUT2D eigenvalue weighted by Gasteiger charge is -2.54. The SMILES string of the molecule is C=CC12CN(C)C3C4COC(CC41)[C@]1(C(=O)N(OC)c4ccccc41)C32. The summed E-state index contributed by atoms with van der Waals surface area (Å²) in [5, 5.41) is 1.50. The van der Waals surface area contributed by atoms with E-state index in [1.54, 1.807) is 7.11 Å². The van der Waals surface area contributed by atoms with E-state index in [1.807, 2.05) is 18.2 Å². The second-order valence-corrected chi connectivity index (χ2v) is 8.70. The lowest BCUT2D eigenvalue weighted by Crippen LogP contribution is -2.63. The lowest BCUT2D eigenvalue weighted by molar-refractivity contribution is -0.159. The van der Waals surface area contributed by atoms with Crippen molar-refractivity contribution in [1.29, 1.82) is 0 Å². The van der Waals surface area contributed by atoms with Gasteiger partial charge in [-0.05, 0) is 31.0 Å². The van der Waals surface area contributed by atoms with Crippen LogP contribution in [0.5, 0.6) is 0 Å². The number of ether oxygens (including phenoxy) is 1. The molecule has 1 aromatic carbocycles. The molecule has 3 heterocycles. The first kappa shape index (κ1) is 15.4. The number of carbonyl (C=O) groups is 1. The molecular weight excluding hydrogens is 328 g/mol. The van der Waals surface area contributed by atoms with E-state index >= 15 is 0 Å². The first-order valence-corrected chi connectivity index (χ1v) is 9.55. The first-order valence-electron chi connectivity index (χ1n) is 9.55. The predicted octanol–water partition coefficient (Wildman–Crippen LogP) is 1.98. The van der Waals surface area contributed by atoms with E-state index in [9.17, 15) is 4.79 Å². The molecule has 4 fully saturated rings. The highest BCUT2D eigenvalue weighted by molar-refractivity contribution is 6.08. The number of carbonyl (C=O) groups excluding carboxylic acids is 1. The number of piperidine rings is 1. The molecule has 3 aliphatic heterocycles. The van der Waals surface area contributed by atoms with Gasteiger partial charge < -0.3 is 9.64 Å². The molecule has 5 heteroatoms. The Morgan fingerprint density at radius 3 is 2.96 bits per heavy atom. The largest absolute Gasteiger partial charge is 0.376 e. The minimum Gasteiger partial charge on any atom is -0.376 e. The molecule has 5 nitrogen and oxygen atoms in total. The Morgan fingerprint density at radius 1 is 1.38 bits per heavy atom. The summed E-state index contributed by atoms with van der Waals surface area (Å²) in [4.78, 5) is 21.9. The summed E-state index contributed by atoms with van der Waals surface area (Å²) < 4.78 is 6.39. The van der Waals surface area contributed by atoms with Gasteiger partial charge in [-0.2, -0.15) is 5.06 Å². The minimum atomic E-state index is -0.669. The van der Waals surface area contributed by atoms with Gasteiger partial charge in [0.2, 0.25) is 0 Å². The minimum absolute atomic E-state index is 0.0170. The van der Waals surface area contributed by atoms with Crippen LogP contribution in [0, 0.1) is 23.2 Å². The standard InChI is InChI=1S/C21H24N2O3/c1-4-20-11-22(2)17-12-10-26-16(9-14(12)20)21(18(17)20)13-7-5-6-8-15(13)23(25-3)19(21)24/h4-8,12,14,16-18H,1,9-11H2,2-3H3/t12?,14?,16?,17?,18?,20?,21-/m0/s1. The Morgan fingerprint density at radius 2 is 2.19 bits per heavy atom. The van der Waals surface area contributed by atoms with Crippen molar-refractivity contribution in [3.8, 4) is 0 Å². The van der Waals surface area contributed by atoms with Crippen molar-refractivity contribution in [2.45, 2.75) is 24.0 Å². The van der Waals surface area contributed by atoms with Crippen molar-refractivity contribution in [1.82, 2.24) is 4.90 Å². The summed E-state index contributed by atoms with van der Waals surface area (Å²) >= 11 is 0. The molecule has 0 radical (unpaired) electrons. The van der Waals surface area contributed by atoms with Crippen LogP contribution in [-0.4, -0.2) is 50.3 Å². The average molecular weight is 352 g/mol. The molecule has 5 aliphatic rings. The second-order valence-electron chi connectivity index (χ2n) is 8.70. The maximum absolute atomic E-state index is 13.9. The molecule has 6 unspecified atom stereocenters. The lowest BCUT2D eigenvalue weighted by atomic mass is 9.51. The fraction of sp³-hybridized carbons (Fsp3) is 0.571. The highest BCUT2D eigenvalue weighted by Crippen LogP contribution is 2.73. The summed E-state index contributed by atoms with van der Waals surface area (Å²) in [6, 6.07) is 8.47. The summed E-state index contributed by atoms with van der Waals surface area (Å²) in [7, 11) is 3.78. The summed E-state index contributed by atoms with van der Waals surface area (Å²) in [6.45, 7) is 6.00. The Kier molecular flexibility index (Phi) is 2.71. The quantitative estimate of drug-likeness (QED) is 0.764. The summed E-state index contributed by atoms with van der Waals surface area (Å²) in [5.41, 5.74) is 1.27. The van der Waals surface area contributed by atoms with Crippen molar-refractivity contribution in [2.24, 2.45) is 23.2 Å². The van der Waals surface area contributed by atoms with Crippen molar-refractivity contribution < 1.29 is 14.4 Å². The molecule has 2 aliphatic carbocycles. The van der Waals surface area contributed by atoms with Crippen LogP contribution >= 0.6 is 0 Å². The van der Waals surface area contributed by atoms with Gasteiger partial charge in [-0.1, -0.05) is 24.3 Å². The van der Waals surface area contributed by atoms with Gasteiger partial charge in [-0.15, -0.1) is 6.58 Å². The number of nitrogens with zero attached hydrogens (tertiary/aromatic N) is 2. The molecule has 136 valence electrons. The number of benzene rings is 1. The smallest absolute Gasteiger partial charge is 0.264 e. The van der Waals surface area contributed by atoms with Gasteiger partial charge in [0.1, 0.15) is 5.41 Å². The number of likely N-dealkylation sites (tertiary alicyclic amines) is 1. The highest BCUT2D eigenvalue weighted by atomic mass is 16.7. The number of para-hydroxylation sites is 1. The van der Waals surface area contributed by atoms with Gasteiger partial charge in [0, 0.05) is 29.8 Å². The van der Waals surface area contributed by atoms with E-state index in [0.717, 1.165) is 30.8 Å². The average Bonchev–Trinajstić information content (AvgIpc) is 3.13. The number of hydroxylamine groups is 1. The molecule has 0 aromatic heterocycles. The molecule has 1 spiro atoms. The number of rotatable bonds is 2. The van der Waals surface area contributed by atoms with Crippen LogP contribution in [0.1, 0.15) is 12.0 Å². The van der Waals surface area contributed by atoms with Gasteiger partial charge in [-0.3, -0.25) is 9.63 Å². The van der Waals surface area contributed by atoms with E-state index < -0.39 is 5.41 Å². The zero-order chi connectivity index (χ0) is 17.8. The van der Waals surface area contributed by atoms with Gasteiger partial charge in [0.05, 0.1) is 25.5 Å². The van der Waals surface area contributed by atoms with Gasteiger partial charge in [-0.25, -0.2) is 0 Å². The molecule has 2 saturated carbocycles. The van der Waals surface area contributed by atoms with E-state index in [0.29, 0.717) is 17.9 Å². The number of hydrogen-bond donors (Lipinski definition) is 0. The van der Waals surface area contributed by atoms with E-state index in [-0.39, 0.29) is 23.3 Å². The predicted molar refractivity (Wildman–Crippen MR) is 96.5 cm³/mol. The maximum Gasteiger partial charge on any atom is 0.264 e. The van der Waals surface area contributed by atoms with E-state index in [4.69, 9.17) is 9.57 Å². The summed E-state index contributed by atoms with van der Waals surface area (Å²) in [5.74, 6) is 1.31. The number of amides is 1. The molecule has 2 saturated heterocycles. The molecule has 6 rings (SSSR count). The molecule has 1 amide bonds. The van der Waals surface area contributed by atoms with Gasteiger partial charge in [0.15, 0.2) is 0 Å². The van der Waals surface area contributed by atoms with Crippen LogP contribution < -0.4 is 5.06 Å². The third-order valence-electron chi connectivity index (χ3n) is 8.22. The van der Waals surface area contributed by atoms with Crippen molar-refractivity contribution >= 4 is 11.6 Å². The molecule has 26 heavy (non-hydrogen) atoms. The Labute approximate surface area is 153 Å². The first-order chi connectivity index (χ1) is 12.6. The monoisotopic (exact) mass is 352 g/mol. The zero-order valence-corrected chi connectivity index (χ0v) is 15.2. The van der Waals surface area contributed by atoms with E-state index in [1.165, 1.54) is 5.06 Å². The Balaban J connectivity index is 1.68. The Bertz CT molecular complexity index is 840. The number of anilines is 1. The van der Waals surface area contributed by atoms with Crippen LogP contribution in [0.2, 0.25) is 0 Å². The van der Waals surface area contributed by atoms with Crippen molar-refractivity contribution in [2.75, 3.05) is 32.4 Å². The highest BCUT2D eigenvalue weighted by Gasteiger charge is 2.80.